The molecule has 1 saturated carbocycles. The van der Waals surface area contributed by atoms with E-state index in [1.165, 1.54) is 0 Å². The van der Waals surface area contributed by atoms with E-state index in [1.807, 2.05) is 0 Å². The highest BCUT2D eigenvalue weighted by molar-refractivity contribution is 6.33. The maximum absolute atomic E-state index is 12.7. The molecule has 0 heterocycles. The van der Waals surface area contributed by atoms with Crippen molar-refractivity contribution in [3.8, 4) is 0 Å². The van der Waals surface area contributed by atoms with Crippen LogP contribution < -0.4 is 5.73 Å². The second-order valence-corrected chi connectivity index (χ2v) is 6.85. The summed E-state index contributed by atoms with van der Waals surface area (Å²) in [5.74, 6) is 0.897. The summed E-state index contributed by atoms with van der Waals surface area (Å²) in [6.45, 7) is 2.66. The molecule has 1 aliphatic rings. The Morgan fingerprint density at radius 2 is 2.00 bits per heavy atom. The Balaban J connectivity index is 2.15. The third-order valence-electron chi connectivity index (χ3n) is 4.57. The molecule has 20 heavy (non-hydrogen) atoms. The number of halogens is 2. The van der Waals surface area contributed by atoms with Gasteiger partial charge in [0.1, 0.15) is 5.78 Å². The molecule has 0 amide bonds. The zero-order valence-electron chi connectivity index (χ0n) is 11.8. The second-order valence-electron chi connectivity index (χ2n) is 6.00. The monoisotopic (exact) mass is 313 g/mol. The fourth-order valence-electron chi connectivity index (χ4n) is 2.95. The lowest BCUT2D eigenvalue weighted by Crippen LogP contribution is -2.42. The van der Waals surface area contributed by atoms with E-state index in [1.54, 1.807) is 18.2 Å². The fourth-order valence-corrected chi connectivity index (χ4v) is 3.33. The molecule has 2 N–H and O–H groups in total. The van der Waals surface area contributed by atoms with Gasteiger partial charge in [0, 0.05) is 28.4 Å². The molecule has 4 heteroatoms. The van der Waals surface area contributed by atoms with E-state index in [0.29, 0.717) is 28.9 Å². The summed E-state index contributed by atoms with van der Waals surface area (Å²) < 4.78 is 0. The molecule has 1 fully saturated rings. The van der Waals surface area contributed by atoms with E-state index in [-0.39, 0.29) is 11.2 Å². The zero-order valence-corrected chi connectivity index (χ0v) is 13.3. The molecule has 0 radical (unpaired) electrons. The number of nitrogens with two attached hydrogens (primary N) is 1. The fraction of sp³-hybridized carbons (Fsp3) is 0.562. The minimum Gasteiger partial charge on any atom is -0.329 e. The van der Waals surface area contributed by atoms with Gasteiger partial charge in [0.2, 0.25) is 0 Å². The van der Waals surface area contributed by atoms with Crippen LogP contribution >= 0.6 is 23.2 Å². The van der Waals surface area contributed by atoms with Crippen LogP contribution in [0.2, 0.25) is 10.0 Å². The average Bonchev–Trinajstić information content (AvgIpc) is 2.44. The SMILES string of the molecule is CC1CCC(CN)(C(=O)Cc2cc(Cl)ccc2Cl)CC1. The van der Waals surface area contributed by atoms with E-state index in [2.05, 4.69) is 6.92 Å². The summed E-state index contributed by atoms with van der Waals surface area (Å²) in [5.41, 5.74) is 6.36. The molecule has 1 aromatic carbocycles. The summed E-state index contributed by atoms with van der Waals surface area (Å²) in [6.07, 6.45) is 4.26. The molecule has 2 nitrogen and oxygen atoms in total. The number of carbonyl (C=O) groups is 1. The zero-order chi connectivity index (χ0) is 14.8. The van der Waals surface area contributed by atoms with Crippen molar-refractivity contribution in [3.05, 3.63) is 33.8 Å². The van der Waals surface area contributed by atoms with Gasteiger partial charge in [-0.3, -0.25) is 4.79 Å². The van der Waals surface area contributed by atoms with E-state index in [9.17, 15) is 4.79 Å². The third-order valence-corrected chi connectivity index (χ3v) is 5.18. The summed E-state index contributed by atoms with van der Waals surface area (Å²) in [7, 11) is 0. The van der Waals surface area contributed by atoms with Gasteiger partial charge >= 0.3 is 0 Å². The van der Waals surface area contributed by atoms with Crippen molar-refractivity contribution in [3.63, 3.8) is 0 Å². The molecule has 0 saturated heterocycles. The molecular weight excluding hydrogens is 293 g/mol. The lowest BCUT2D eigenvalue weighted by Gasteiger charge is -2.37. The highest BCUT2D eigenvalue weighted by Crippen LogP contribution is 2.40. The summed E-state index contributed by atoms with van der Waals surface area (Å²) in [4.78, 5) is 12.7. The summed E-state index contributed by atoms with van der Waals surface area (Å²) >= 11 is 12.1. The number of ketones is 1. The van der Waals surface area contributed by atoms with Gasteiger partial charge in [-0.1, -0.05) is 30.1 Å². The predicted molar refractivity (Wildman–Crippen MR) is 84.3 cm³/mol. The minimum absolute atomic E-state index is 0.205. The van der Waals surface area contributed by atoms with Gasteiger partial charge in [-0.05, 0) is 55.4 Å². The lowest BCUT2D eigenvalue weighted by molar-refractivity contribution is -0.129. The number of hydrogen-bond donors (Lipinski definition) is 1. The van der Waals surface area contributed by atoms with Crippen molar-refractivity contribution in [1.29, 1.82) is 0 Å². The number of rotatable bonds is 4. The van der Waals surface area contributed by atoms with Crippen LogP contribution in [0, 0.1) is 11.3 Å². The van der Waals surface area contributed by atoms with E-state index >= 15 is 0 Å². The molecule has 110 valence electrons. The van der Waals surface area contributed by atoms with E-state index in [0.717, 1.165) is 31.2 Å². The Hall–Kier alpha value is -0.570. The Labute approximate surface area is 130 Å². The van der Waals surface area contributed by atoms with Gasteiger partial charge in [0.05, 0.1) is 0 Å². The minimum atomic E-state index is -0.363. The van der Waals surface area contributed by atoms with Crippen molar-refractivity contribution < 1.29 is 4.79 Å². The van der Waals surface area contributed by atoms with Crippen LogP contribution in [0.1, 0.15) is 38.2 Å². The molecule has 0 atom stereocenters. The highest BCUT2D eigenvalue weighted by atomic mass is 35.5. The first-order valence-electron chi connectivity index (χ1n) is 7.14. The Morgan fingerprint density at radius 3 is 2.60 bits per heavy atom. The molecule has 0 aromatic heterocycles. The van der Waals surface area contributed by atoms with Crippen molar-refractivity contribution in [2.24, 2.45) is 17.1 Å². The van der Waals surface area contributed by atoms with Gasteiger partial charge in [0.25, 0.3) is 0 Å². The van der Waals surface area contributed by atoms with Crippen molar-refractivity contribution in [2.75, 3.05) is 6.54 Å². The molecule has 1 aliphatic carbocycles. The first-order chi connectivity index (χ1) is 9.47. The largest absolute Gasteiger partial charge is 0.329 e. The van der Waals surface area contributed by atoms with Crippen molar-refractivity contribution in [2.45, 2.75) is 39.0 Å². The van der Waals surface area contributed by atoms with Gasteiger partial charge in [-0.2, -0.15) is 0 Å². The number of benzene rings is 1. The number of carbonyl (C=O) groups excluding carboxylic acids is 1. The van der Waals surface area contributed by atoms with Crippen LogP contribution in [0.3, 0.4) is 0 Å². The maximum atomic E-state index is 12.7. The molecular formula is C16H21Cl2NO. The van der Waals surface area contributed by atoms with Crippen LogP contribution in [-0.4, -0.2) is 12.3 Å². The first-order valence-corrected chi connectivity index (χ1v) is 7.90. The Morgan fingerprint density at radius 1 is 1.35 bits per heavy atom. The standard InChI is InChI=1S/C16H21Cl2NO/c1-11-4-6-16(10-19,7-5-11)15(20)9-12-8-13(17)2-3-14(12)18/h2-3,8,11H,4-7,9-10,19H2,1H3. The van der Waals surface area contributed by atoms with Crippen molar-refractivity contribution >= 4 is 29.0 Å². The quantitative estimate of drug-likeness (QED) is 0.902. The van der Waals surface area contributed by atoms with Crippen molar-refractivity contribution in [1.82, 2.24) is 0 Å². The normalized spacial score (nSPS) is 26.5. The van der Waals surface area contributed by atoms with Gasteiger partial charge in [-0.15, -0.1) is 0 Å². The third kappa shape index (κ3) is 3.36. The van der Waals surface area contributed by atoms with Gasteiger partial charge in [-0.25, -0.2) is 0 Å². The first kappa shape index (κ1) is 15.8. The molecule has 2 rings (SSSR count). The smallest absolute Gasteiger partial charge is 0.144 e. The molecule has 1 aromatic rings. The Kier molecular flexibility index (Phi) is 5.11. The van der Waals surface area contributed by atoms with Crippen LogP contribution in [0.5, 0.6) is 0 Å². The van der Waals surface area contributed by atoms with E-state index < -0.39 is 0 Å². The van der Waals surface area contributed by atoms with Crippen LogP contribution in [0.25, 0.3) is 0 Å². The van der Waals surface area contributed by atoms with E-state index in [4.69, 9.17) is 28.9 Å². The number of Topliss-reactive ketones (excluding diaryl/α,β-unsaturated/α-hetero) is 1. The van der Waals surface area contributed by atoms with Crippen LogP contribution in [-0.2, 0) is 11.2 Å². The van der Waals surface area contributed by atoms with Crippen LogP contribution in [0.4, 0.5) is 0 Å². The molecule has 0 unspecified atom stereocenters. The summed E-state index contributed by atoms with van der Waals surface area (Å²) in [5, 5.41) is 1.20. The molecule has 0 spiro atoms. The average molecular weight is 314 g/mol. The number of hydrogen-bond acceptors (Lipinski definition) is 2. The Bertz CT molecular complexity index is 493. The summed E-state index contributed by atoms with van der Waals surface area (Å²) in [6, 6.07) is 5.25. The second kappa shape index (κ2) is 6.46. The van der Waals surface area contributed by atoms with Gasteiger partial charge in [0.15, 0.2) is 0 Å². The van der Waals surface area contributed by atoms with Gasteiger partial charge < -0.3 is 5.73 Å². The predicted octanol–water partition coefficient (Wildman–Crippen LogP) is 4.26. The van der Waals surface area contributed by atoms with Crippen LogP contribution in [0.15, 0.2) is 18.2 Å². The highest BCUT2D eigenvalue weighted by Gasteiger charge is 2.39. The molecule has 0 bridgehead atoms. The molecule has 0 aliphatic heterocycles. The maximum Gasteiger partial charge on any atom is 0.144 e. The topological polar surface area (TPSA) is 43.1 Å². The lowest BCUT2D eigenvalue weighted by atomic mass is 9.67.